The van der Waals surface area contributed by atoms with Gasteiger partial charge in [0.25, 0.3) is 0 Å². The first kappa shape index (κ1) is 11.5. The number of allylic oxidation sites excluding steroid dienone is 2. The first-order valence-corrected chi connectivity index (χ1v) is 5.71. The second-order valence-corrected chi connectivity index (χ2v) is 4.19. The maximum absolute atomic E-state index is 11.1. The van der Waals surface area contributed by atoms with Crippen LogP contribution >= 0.6 is 0 Å². The van der Waals surface area contributed by atoms with Crippen LogP contribution in [0.2, 0.25) is 0 Å². The summed E-state index contributed by atoms with van der Waals surface area (Å²) in [6, 6.07) is 0. The van der Waals surface area contributed by atoms with E-state index in [-0.39, 0.29) is 5.69 Å². The molecule has 0 fully saturated rings. The highest BCUT2D eigenvalue weighted by Crippen LogP contribution is 2.21. The van der Waals surface area contributed by atoms with Crippen molar-refractivity contribution >= 4 is 11.5 Å². The van der Waals surface area contributed by atoms with Gasteiger partial charge >= 0.3 is 29.1 Å². The van der Waals surface area contributed by atoms with Crippen LogP contribution in [0.1, 0.15) is 16.4 Å². The second-order valence-electron chi connectivity index (χ2n) is 4.19. The fourth-order valence-corrected chi connectivity index (χ4v) is 2.21. The van der Waals surface area contributed by atoms with Gasteiger partial charge in [-0.25, -0.2) is 4.79 Å². The predicted octanol–water partition coefficient (Wildman–Crippen LogP) is 1.03. The number of rotatable bonds is 3. The van der Waals surface area contributed by atoms with Crippen molar-refractivity contribution in [3.05, 3.63) is 43.3 Å². The van der Waals surface area contributed by atoms with E-state index >= 15 is 0 Å². The molecule has 0 unspecified atom stereocenters. The predicted molar refractivity (Wildman–Crippen MR) is 63.0 cm³/mol. The first-order valence-electron chi connectivity index (χ1n) is 5.71. The first-order chi connectivity index (χ1) is 9.13. The molecule has 3 heterocycles. The highest BCUT2D eigenvalue weighted by atomic mass is 16.4. The number of nitrogens with zero attached hydrogens (tertiary/aromatic N) is 2. The van der Waals surface area contributed by atoms with Crippen LogP contribution in [0.3, 0.4) is 0 Å². The zero-order valence-electron chi connectivity index (χ0n) is 10.1. The van der Waals surface area contributed by atoms with Crippen LogP contribution in [0.25, 0.3) is 17.2 Å². The second kappa shape index (κ2) is 3.94. The standard InChI is InChI=1S/C13H11N2O4/c1-3-8(2)11-14-4-5-15-10(13(16)17)7-19-12(15)9(14)6-18-11/h3,6-7H,1-2,4-5H2/q+1/p+1. The molecule has 96 valence electrons. The molecule has 0 spiro atoms. The van der Waals surface area contributed by atoms with Gasteiger partial charge in [0, 0.05) is 0 Å². The minimum absolute atomic E-state index is 0.131. The summed E-state index contributed by atoms with van der Waals surface area (Å²) in [6.07, 6.45) is 4.38. The van der Waals surface area contributed by atoms with Gasteiger partial charge in [-0.15, -0.1) is 9.13 Å². The Morgan fingerprint density at radius 1 is 1.32 bits per heavy atom. The van der Waals surface area contributed by atoms with Gasteiger partial charge in [-0.1, -0.05) is 19.2 Å². The summed E-state index contributed by atoms with van der Waals surface area (Å²) in [6.45, 7) is 8.60. The fourth-order valence-electron chi connectivity index (χ4n) is 2.21. The van der Waals surface area contributed by atoms with E-state index in [9.17, 15) is 4.79 Å². The minimum atomic E-state index is -1.01. The van der Waals surface area contributed by atoms with Crippen molar-refractivity contribution in [3.63, 3.8) is 0 Å². The lowest BCUT2D eigenvalue weighted by molar-refractivity contribution is -0.799. The van der Waals surface area contributed by atoms with E-state index in [0.717, 1.165) is 0 Å². The normalized spacial score (nSPS) is 12.6. The molecule has 1 aliphatic rings. The molecule has 1 aliphatic heterocycles. The Bertz CT molecular complexity index is 708. The van der Waals surface area contributed by atoms with E-state index in [1.54, 1.807) is 10.6 Å². The van der Waals surface area contributed by atoms with Crippen molar-refractivity contribution in [1.29, 1.82) is 0 Å². The molecule has 3 rings (SSSR count). The van der Waals surface area contributed by atoms with Crippen molar-refractivity contribution in [3.8, 4) is 11.6 Å². The van der Waals surface area contributed by atoms with Gasteiger partial charge < -0.3 is 13.9 Å². The highest BCUT2D eigenvalue weighted by Gasteiger charge is 2.42. The summed E-state index contributed by atoms with van der Waals surface area (Å²) in [5.74, 6) is 0.0581. The Balaban J connectivity index is 2.16. The average Bonchev–Trinajstić information content (AvgIpc) is 3.00. The number of carbonyl (C=O) groups is 1. The van der Waals surface area contributed by atoms with Gasteiger partial charge in [-0.05, 0) is 0 Å². The molecule has 1 N–H and O–H groups in total. The van der Waals surface area contributed by atoms with Gasteiger partial charge in [0.2, 0.25) is 13.1 Å². The molecule has 19 heavy (non-hydrogen) atoms. The van der Waals surface area contributed by atoms with Crippen molar-refractivity contribution in [2.24, 2.45) is 0 Å². The van der Waals surface area contributed by atoms with Crippen LogP contribution in [0.15, 0.2) is 40.6 Å². The lowest BCUT2D eigenvalue weighted by Crippen LogP contribution is -2.54. The van der Waals surface area contributed by atoms with E-state index in [1.807, 2.05) is 4.57 Å². The van der Waals surface area contributed by atoms with E-state index in [2.05, 4.69) is 13.2 Å². The molecule has 0 atom stereocenters. The molecule has 0 amide bonds. The summed E-state index contributed by atoms with van der Waals surface area (Å²) >= 11 is 0. The van der Waals surface area contributed by atoms with Gasteiger partial charge in [0.15, 0.2) is 12.5 Å². The van der Waals surface area contributed by atoms with Crippen LogP contribution in [0.4, 0.5) is 0 Å². The van der Waals surface area contributed by atoms with Gasteiger partial charge in [-0.3, -0.25) is 0 Å². The van der Waals surface area contributed by atoms with Crippen molar-refractivity contribution in [2.75, 3.05) is 0 Å². The zero-order valence-corrected chi connectivity index (χ0v) is 10.1. The third-order valence-corrected chi connectivity index (χ3v) is 3.14. The lowest BCUT2D eigenvalue weighted by atomic mass is 10.2. The Hall–Kier alpha value is -2.63. The Morgan fingerprint density at radius 2 is 2.05 bits per heavy atom. The Morgan fingerprint density at radius 3 is 2.74 bits per heavy atom. The van der Waals surface area contributed by atoms with E-state index in [4.69, 9.17) is 13.9 Å². The number of oxazole rings is 2. The number of carboxylic acid groups (broad SMARTS) is 1. The fraction of sp³-hybridized carbons (Fsp3) is 0.154. The number of hydrogen-bond acceptors (Lipinski definition) is 3. The van der Waals surface area contributed by atoms with Crippen LogP contribution in [-0.4, -0.2) is 11.1 Å². The molecule has 2 aromatic heterocycles. The number of carboxylic acids is 1. The van der Waals surface area contributed by atoms with Crippen LogP contribution in [0.5, 0.6) is 0 Å². The molecule has 0 radical (unpaired) electrons. The summed E-state index contributed by atoms with van der Waals surface area (Å²) in [5, 5.41) is 9.07. The van der Waals surface area contributed by atoms with Crippen molar-refractivity contribution in [1.82, 2.24) is 0 Å². The maximum Gasteiger partial charge on any atom is 0.451 e. The zero-order chi connectivity index (χ0) is 13.6. The quantitative estimate of drug-likeness (QED) is 0.660. The molecule has 0 aromatic carbocycles. The summed E-state index contributed by atoms with van der Waals surface area (Å²) in [4.78, 5) is 11.1. The van der Waals surface area contributed by atoms with Gasteiger partial charge in [-0.2, -0.15) is 0 Å². The smallest absolute Gasteiger partial charge is 0.451 e. The minimum Gasteiger partial charge on any atom is -0.473 e. The Labute approximate surface area is 108 Å². The lowest BCUT2D eigenvalue weighted by Gasteiger charge is -2.01. The molecule has 0 bridgehead atoms. The number of aromatic carboxylic acids is 1. The molecule has 0 saturated carbocycles. The summed E-state index contributed by atoms with van der Waals surface area (Å²) < 4.78 is 14.3. The average molecular weight is 260 g/mol. The number of hydrogen-bond donors (Lipinski definition) is 1. The largest absolute Gasteiger partial charge is 0.473 e. The topological polar surface area (TPSA) is 71.3 Å². The molecule has 2 aromatic rings. The van der Waals surface area contributed by atoms with Crippen LogP contribution in [0, 0.1) is 0 Å². The molecular formula is C13H12N2O4+2. The highest BCUT2D eigenvalue weighted by molar-refractivity contribution is 5.83. The molecule has 0 aliphatic carbocycles. The van der Waals surface area contributed by atoms with E-state index in [0.29, 0.717) is 36.1 Å². The van der Waals surface area contributed by atoms with E-state index in [1.165, 1.54) is 12.5 Å². The van der Waals surface area contributed by atoms with Crippen molar-refractivity contribution < 1.29 is 27.9 Å². The van der Waals surface area contributed by atoms with Crippen LogP contribution in [-0.2, 0) is 13.1 Å². The third-order valence-electron chi connectivity index (χ3n) is 3.14. The molecule has 6 heteroatoms. The Kier molecular flexibility index (Phi) is 2.38. The summed E-state index contributed by atoms with van der Waals surface area (Å²) in [5.41, 5.74) is 1.49. The molecule has 0 saturated heterocycles. The van der Waals surface area contributed by atoms with Crippen LogP contribution < -0.4 is 9.13 Å². The number of aromatic nitrogens is 2. The SMILES string of the molecule is C=CC(=C)c1occ2[n+]1CC[n+]1c(C(=O)O)coc1-2. The van der Waals surface area contributed by atoms with Crippen molar-refractivity contribution in [2.45, 2.75) is 13.1 Å². The number of fused-ring (bicyclic) bond motifs is 3. The molecule has 6 nitrogen and oxygen atoms in total. The molecular weight excluding hydrogens is 248 g/mol. The third kappa shape index (κ3) is 1.53. The van der Waals surface area contributed by atoms with E-state index < -0.39 is 5.97 Å². The van der Waals surface area contributed by atoms with Gasteiger partial charge in [0.05, 0.1) is 5.57 Å². The maximum atomic E-state index is 11.1. The monoisotopic (exact) mass is 260 g/mol. The summed E-state index contributed by atoms with van der Waals surface area (Å²) in [7, 11) is 0. The van der Waals surface area contributed by atoms with Gasteiger partial charge in [0.1, 0.15) is 0 Å².